The van der Waals surface area contributed by atoms with Gasteiger partial charge in [0, 0.05) is 31.6 Å². The van der Waals surface area contributed by atoms with Crippen LogP contribution in [0.5, 0.6) is 0 Å². The number of benzene rings is 3. The van der Waals surface area contributed by atoms with Gasteiger partial charge in [-0.1, -0.05) is 91.0 Å². The number of nitrogens with zero attached hydrogens (tertiary/aromatic N) is 4. The predicted molar refractivity (Wildman–Crippen MR) is 176 cm³/mol. The van der Waals surface area contributed by atoms with E-state index in [1.807, 2.05) is 95.6 Å². The summed E-state index contributed by atoms with van der Waals surface area (Å²) >= 11 is 0. The van der Waals surface area contributed by atoms with Gasteiger partial charge in [-0.2, -0.15) is 0 Å². The maximum Gasteiger partial charge on any atom is 0.324 e. The molecule has 2 atom stereocenters. The number of imide groups is 1. The van der Waals surface area contributed by atoms with E-state index in [1.165, 1.54) is 25.4 Å². The molecule has 0 bridgehead atoms. The Bertz CT molecular complexity index is 1860. The lowest BCUT2D eigenvalue weighted by atomic mass is 9.76. The van der Waals surface area contributed by atoms with E-state index in [-0.39, 0.29) is 18.5 Å². The highest BCUT2D eigenvalue weighted by molar-refractivity contribution is 6.03. The molecule has 1 saturated heterocycles. The van der Waals surface area contributed by atoms with Crippen LogP contribution in [0, 0.1) is 0 Å². The molecular weight excluding hydrogens is 610 g/mol. The van der Waals surface area contributed by atoms with Crippen LogP contribution in [0.4, 0.5) is 4.79 Å². The molecule has 6 rings (SSSR count). The molecule has 3 aromatic carbocycles. The highest BCUT2D eigenvalue weighted by Crippen LogP contribution is 2.41. The molecule has 0 radical (unpaired) electrons. The minimum absolute atomic E-state index is 0.0669. The number of imidazole rings is 1. The Kier molecular flexibility index (Phi) is 8.71. The fourth-order valence-corrected chi connectivity index (χ4v) is 6.23. The first kappa shape index (κ1) is 31.7. The first-order valence-electron chi connectivity index (χ1n) is 15.3. The minimum atomic E-state index is -1.27. The van der Waals surface area contributed by atoms with Gasteiger partial charge in [-0.25, -0.2) is 9.78 Å². The first-order chi connectivity index (χ1) is 23.2. The summed E-state index contributed by atoms with van der Waals surface area (Å²) in [6, 6.07) is 29.3. The van der Waals surface area contributed by atoms with E-state index in [4.69, 9.17) is 5.73 Å². The summed E-state index contributed by atoms with van der Waals surface area (Å²) in [6.45, 7) is 0. The molecule has 0 spiro atoms. The van der Waals surface area contributed by atoms with Crippen LogP contribution in [0.2, 0.25) is 0 Å². The van der Waals surface area contributed by atoms with Crippen molar-refractivity contribution >= 4 is 29.7 Å². The van der Waals surface area contributed by atoms with Gasteiger partial charge in [0.25, 0.3) is 11.8 Å². The predicted octanol–water partition coefficient (Wildman–Crippen LogP) is 2.93. The molecule has 5 aromatic rings. The molecule has 0 saturated carbocycles. The van der Waals surface area contributed by atoms with Crippen LogP contribution in [0.1, 0.15) is 44.1 Å². The van der Waals surface area contributed by atoms with Gasteiger partial charge in [0.1, 0.15) is 23.3 Å². The van der Waals surface area contributed by atoms with Crippen molar-refractivity contribution < 1.29 is 24.0 Å². The van der Waals surface area contributed by atoms with Crippen LogP contribution < -0.4 is 16.4 Å². The fourth-order valence-electron chi connectivity index (χ4n) is 6.23. The number of primary amides is 1. The number of hydrogen-bond acceptors (Lipinski definition) is 6. The van der Waals surface area contributed by atoms with Crippen molar-refractivity contribution in [2.24, 2.45) is 5.73 Å². The molecule has 2 aromatic heterocycles. The Labute approximate surface area is 276 Å². The Morgan fingerprint density at radius 3 is 1.98 bits per heavy atom. The summed E-state index contributed by atoms with van der Waals surface area (Å²) in [5, 5.41) is 5.25. The number of aromatic nitrogens is 3. The number of nitrogens with two attached hydrogens (primary N) is 1. The minimum Gasteiger partial charge on any atom is -0.364 e. The van der Waals surface area contributed by atoms with Gasteiger partial charge >= 0.3 is 6.03 Å². The van der Waals surface area contributed by atoms with Crippen molar-refractivity contribution in [1.29, 1.82) is 0 Å². The number of hydrogen-bond donors (Lipinski definition) is 3. The van der Waals surface area contributed by atoms with E-state index in [9.17, 15) is 24.0 Å². The molecular formula is C36H33N7O5. The molecule has 3 heterocycles. The standard InChI is InChI=1S/C36H33N7O5/c1-41-31(44)21-28(40-35(41)48)33(46)39-29(34(47)42-19-11-18-30(42)32(37)45)20-27-22-38-23-43(27)36(24-12-5-2-6-13-24,25-14-7-3-8-15-25)26-16-9-4-10-17-26/h2-19,22-23,28-29H,20-21H2,1H3,(H2,37,45)(H,39,46)(H,40,48). The third-order valence-electron chi connectivity index (χ3n) is 8.59. The second kappa shape index (κ2) is 13.2. The van der Waals surface area contributed by atoms with Crippen LogP contribution in [0.15, 0.2) is 122 Å². The summed E-state index contributed by atoms with van der Waals surface area (Å²) in [6.07, 6.45) is 4.33. The molecule has 12 nitrogen and oxygen atoms in total. The van der Waals surface area contributed by atoms with E-state index >= 15 is 0 Å². The fraction of sp³-hybridized carbons (Fsp3) is 0.167. The molecule has 1 aliphatic heterocycles. The lowest BCUT2D eigenvalue weighted by Gasteiger charge is -2.39. The average molecular weight is 644 g/mol. The topological polar surface area (TPSA) is 161 Å². The zero-order chi connectivity index (χ0) is 33.8. The van der Waals surface area contributed by atoms with Crippen molar-refractivity contribution in [1.82, 2.24) is 29.7 Å². The maximum atomic E-state index is 14.2. The van der Waals surface area contributed by atoms with Gasteiger partial charge < -0.3 is 20.9 Å². The molecule has 2 unspecified atom stereocenters. The van der Waals surface area contributed by atoms with E-state index in [0.717, 1.165) is 26.2 Å². The largest absolute Gasteiger partial charge is 0.364 e. The van der Waals surface area contributed by atoms with Crippen molar-refractivity contribution in [2.75, 3.05) is 7.05 Å². The van der Waals surface area contributed by atoms with Gasteiger partial charge in [-0.05, 0) is 28.8 Å². The van der Waals surface area contributed by atoms with Gasteiger partial charge in [0.15, 0.2) is 0 Å². The summed E-state index contributed by atoms with van der Waals surface area (Å²) in [7, 11) is 1.31. The quantitative estimate of drug-likeness (QED) is 0.198. The summed E-state index contributed by atoms with van der Waals surface area (Å²) < 4.78 is 3.07. The average Bonchev–Trinajstić information content (AvgIpc) is 3.79. The molecule has 48 heavy (non-hydrogen) atoms. The SMILES string of the molecule is CN1C(=O)CC(C(=O)NC(Cc2cncn2C(c2ccccc2)(c2ccccc2)c2ccccc2)C(=O)n2cccc2C(N)=O)NC1=O. The second-order valence-electron chi connectivity index (χ2n) is 11.5. The van der Waals surface area contributed by atoms with Crippen LogP contribution in [0.3, 0.4) is 0 Å². The summed E-state index contributed by atoms with van der Waals surface area (Å²) in [5.74, 6) is -2.75. The Morgan fingerprint density at radius 2 is 1.46 bits per heavy atom. The normalized spacial score (nSPS) is 15.4. The number of carbonyl (C=O) groups excluding carboxylic acids is 5. The molecule has 1 aliphatic rings. The van der Waals surface area contributed by atoms with Gasteiger partial charge in [0.2, 0.25) is 11.8 Å². The van der Waals surface area contributed by atoms with E-state index in [2.05, 4.69) is 15.6 Å². The highest BCUT2D eigenvalue weighted by atomic mass is 16.2. The van der Waals surface area contributed by atoms with Crippen LogP contribution in [-0.4, -0.2) is 67.8 Å². The lowest BCUT2D eigenvalue weighted by Crippen LogP contribution is -2.60. The van der Waals surface area contributed by atoms with Crippen molar-refractivity contribution in [3.63, 3.8) is 0 Å². The highest BCUT2D eigenvalue weighted by Gasteiger charge is 2.41. The van der Waals surface area contributed by atoms with Gasteiger partial charge in [-0.3, -0.25) is 28.6 Å². The van der Waals surface area contributed by atoms with E-state index in [1.54, 1.807) is 12.5 Å². The molecule has 242 valence electrons. The van der Waals surface area contributed by atoms with Crippen LogP contribution in [-0.2, 0) is 21.5 Å². The smallest absolute Gasteiger partial charge is 0.324 e. The van der Waals surface area contributed by atoms with Crippen LogP contribution in [0.25, 0.3) is 0 Å². The van der Waals surface area contributed by atoms with Gasteiger partial charge in [-0.15, -0.1) is 0 Å². The number of urea groups is 1. The number of carbonyl (C=O) groups is 5. The Hall–Kier alpha value is -6.30. The van der Waals surface area contributed by atoms with Crippen LogP contribution >= 0.6 is 0 Å². The molecule has 0 aliphatic carbocycles. The monoisotopic (exact) mass is 643 g/mol. The van der Waals surface area contributed by atoms with Crippen molar-refractivity contribution in [2.45, 2.75) is 30.5 Å². The van der Waals surface area contributed by atoms with Crippen molar-refractivity contribution in [3.8, 4) is 0 Å². The third-order valence-corrected chi connectivity index (χ3v) is 8.59. The summed E-state index contributed by atoms with van der Waals surface area (Å²) in [4.78, 5) is 70.2. The number of rotatable bonds is 10. The Balaban J connectivity index is 1.48. The third kappa shape index (κ3) is 5.75. The maximum absolute atomic E-state index is 14.2. The molecule has 5 amide bonds. The van der Waals surface area contributed by atoms with E-state index < -0.39 is 47.3 Å². The second-order valence-corrected chi connectivity index (χ2v) is 11.5. The first-order valence-corrected chi connectivity index (χ1v) is 15.3. The Morgan fingerprint density at radius 1 is 0.896 bits per heavy atom. The molecule has 4 N–H and O–H groups in total. The van der Waals surface area contributed by atoms with Crippen molar-refractivity contribution in [3.05, 3.63) is 150 Å². The van der Waals surface area contributed by atoms with Gasteiger partial charge in [0.05, 0.1) is 12.7 Å². The molecule has 12 heteroatoms. The zero-order valence-corrected chi connectivity index (χ0v) is 26.0. The van der Waals surface area contributed by atoms with E-state index in [0.29, 0.717) is 5.69 Å². The number of amides is 5. The zero-order valence-electron chi connectivity index (χ0n) is 26.0. The molecule has 1 fully saturated rings. The summed E-state index contributed by atoms with van der Waals surface area (Å²) in [5.41, 5.74) is 7.86. The number of nitrogens with one attached hydrogen (secondary N) is 2. The lowest BCUT2D eigenvalue weighted by molar-refractivity contribution is -0.134.